The van der Waals surface area contributed by atoms with Crippen LogP contribution in [0.2, 0.25) is 0 Å². The molecule has 1 fully saturated rings. The van der Waals surface area contributed by atoms with Crippen LogP contribution in [0.4, 0.5) is 21.7 Å². The Hall–Kier alpha value is -7.00. The van der Waals surface area contributed by atoms with E-state index in [1.807, 2.05) is 50.2 Å². The molecular formula is C44H45FN10O4. The van der Waals surface area contributed by atoms with Crippen LogP contribution in [-0.2, 0) is 18.6 Å². The molecule has 302 valence electrons. The number of carbonyl (C=O) groups is 1. The minimum absolute atomic E-state index is 0.00123. The minimum Gasteiger partial charge on any atom is -0.384 e. The molecule has 0 unspecified atom stereocenters. The molecule has 1 saturated heterocycles. The number of nitrogens with zero attached hydrogens (tertiary/aromatic N) is 8. The van der Waals surface area contributed by atoms with E-state index in [-0.39, 0.29) is 35.1 Å². The summed E-state index contributed by atoms with van der Waals surface area (Å²) in [6.07, 6.45) is 3.41. The molecule has 0 bridgehead atoms. The van der Waals surface area contributed by atoms with Crippen LogP contribution in [0.5, 0.6) is 0 Å². The number of pyridine rings is 1. The number of fused-ring (bicyclic) bond motifs is 2. The largest absolute Gasteiger partial charge is 0.384 e. The van der Waals surface area contributed by atoms with Crippen LogP contribution >= 0.6 is 0 Å². The zero-order valence-electron chi connectivity index (χ0n) is 33.3. The van der Waals surface area contributed by atoms with Crippen molar-refractivity contribution < 1.29 is 14.3 Å². The Morgan fingerprint density at radius 3 is 2.37 bits per heavy atom. The van der Waals surface area contributed by atoms with Gasteiger partial charge in [0.05, 0.1) is 28.9 Å². The summed E-state index contributed by atoms with van der Waals surface area (Å²) in [6, 6.07) is 24.6. The first kappa shape index (κ1) is 40.2. The lowest BCUT2D eigenvalue weighted by Gasteiger charge is -2.36. The van der Waals surface area contributed by atoms with Gasteiger partial charge in [-0.05, 0) is 74.0 Å². The fraction of sp³-hybridized carbons (Fsp3) is 0.250. The van der Waals surface area contributed by atoms with Crippen molar-refractivity contribution in [3.05, 3.63) is 153 Å². The smallest absolute Gasteiger partial charge is 0.278 e. The molecule has 1 amide bonds. The van der Waals surface area contributed by atoms with Crippen molar-refractivity contribution in [2.75, 3.05) is 36.4 Å². The summed E-state index contributed by atoms with van der Waals surface area (Å²) < 4.78 is 18.1. The summed E-state index contributed by atoms with van der Waals surface area (Å²) in [7, 11) is 0. The van der Waals surface area contributed by atoms with Gasteiger partial charge in [-0.3, -0.25) is 14.4 Å². The lowest BCUT2D eigenvalue weighted by Crippen LogP contribution is -2.49. The number of piperazine rings is 1. The molecule has 15 heteroatoms. The number of halogens is 1. The normalized spacial score (nSPS) is 13.0. The molecule has 3 aromatic carbocycles. The summed E-state index contributed by atoms with van der Waals surface area (Å²) >= 11 is 0. The molecule has 59 heavy (non-hydrogen) atoms. The molecule has 0 spiro atoms. The van der Waals surface area contributed by atoms with E-state index in [1.54, 1.807) is 72.0 Å². The Kier molecular flexibility index (Phi) is 11.5. The third-order valence-corrected chi connectivity index (χ3v) is 10.0. The van der Waals surface area contributed by atoms with Crippen molar-refractivity contribution in [2.24, 2.45) is 0 Å². The maximum atomic E-state index is 15.1. The van der Waals surface area contributed by atoms with Gasteiger partial charge in [0.15, 0.2) is 11.5 Å². The van der Waals surface area contributed by atoms with E-state index in [0.717, 1.165) is 5.69 Å². The molecular weight excluding hydrogens is 752 g/mol. The topological polar surface area (TPSA) is 167 Å². The van der Waals surface area contributed by atoms with E-state index in [4.69, 9.17) is 4.98 Å². The number of hydrogen-bond donors (Lipinski definition) is 3. The third-order valence-electron chi connectivity index (χ3n) is 10.0. The highest BCUT2D eigenvalue weighted by molar-refractivity contribution is 5.95. The fourth-order valence-corrected chi connectivity index (χ4v) is 7.06. The highest BCUT2D eigenvalue weighted by Gasteiger charge is 2.26. The number of hydrogen-bond acceptors (Lipinski definition) is 10. The van der Waals surface area contributed by atoms with E-state index in [0.29, 0.717) is 82.9 Å². The average molecular weight is 797 g/mol. The van der Waals surface area contributed by atoms with Crippen LogP contribution in [0.1, 0.15) is 55.0 Å². The highest BCUT2D eigenvalue weighted by Crippen LogP contribution is 2.25. The van der Waals surface area contributed by atoms with Gasteiger partial charge in [0, 0.05) is 55.6 Å². The number of amides is 1. The lowest BCUT2D eigenvalue weighted by atomic mass is 10.0. The van der Waals surface area contributed by atoms with Gasteiger partial charge < -0.3 is 20.2 Å². The second-order valence-electron chi connectivity index (χ2n) is 14.3. The zero-order chi connectivity index (χ0) is 41.8. The zero-order valence-corrected chi connectivity index (χ0v) is 33.3. The first-order chi connectivity index (χ1) is 28.5. The third kappa shape index (κ3) is 8.23. The van der Waals surface area contributed by atoms with Crippen LogP contribution in [0, 0.1) is 5.82 Å². The Balaban J connectivity index is 0.00000260. The van der Waals surface area contributed by atoms with Gasteiger partial charge in [-0.1, -0.05) is 50.3 Å². The van der Waals surface area contributed by atoms with Gasteiger partial charge in [-0.25, -0.2) is 28.8 Å². The molecule has 14 nitrogen and oxygen atoms in total. The van der Waals surface area contributed by atoms with Gasteiger partial charge in [-0.15, -0.1) is 6.58 Å². The Labute approximate surface area is 339 Å². The monoisotopic (exact) mass is 796 g/mol. The second-order valence-corrected chi connectivity index (χ2v) is 14.3. The molecule has 0 atom stereocenters. The van der Waals surface area contributed by atoms with Crippen molar-refractivity contribution in [1.82, 2.24) is 39.4 Å². The molecule has 0 saturated carbocycles. The summed E-state index contributed by atoms with van der Waals surface area (Å²) in [6.45, 7) is 13.2. The van der Waals surface area contributed by atoms with E-state index < -0.39 is 11.4 Å². The van der Waals surface area contributed by atoms with Crippen LogP contribution in [0.3, 0.4) is 0 Å². The van der Waals surface area contributed by atoms with Crippen molar-refractivity contribution in [3.8, 4) is 5.82 Å². The number of allylic oxidation sites excluding steroid dienone is 1. The summed E-state index contributed by atoms with van der Waals surface area (Å²) in [4.78, 5) is 56.8. The molecule has 5 heterocycles. The van der Waals surface area contributed by atoms with Gasteiger partial charge in [0.1, 0.15) is 16.8 Å². The second kappa shape index (κ2) is 16.8. The number of nitrogens with one attached hydrogen (secondary N) is 2. The molecule has 3 N–H and O–H groups in total. The minimum atomic E-state index is -1.20. The summed E-state index contributed by atoms with van der Waals surface area (Å²) in [5.41, 5.74) is 2.00. The number of rotatable bonds is 10. The molecule has 4 aromatic heterocycles. The van der Waals surface area contributed by atoms with E-state index in [9.17, 15) is 19.5 Å². The van der Waals surface area contributed by atoms with Gasteiger partial charge in [0.25, 0.3) is 17.0 Å². The van der Waals surface area contributed by atoms with Crippen molar-refractivity contribution >= 4 is 45.0 Å². The van der Waals surface area contributed by atoms with Crippen molar-refractivity contribution in [2.45, 2.75) is 46.3 Å². The number of benzene rings is 3. The first-order valence-electron chi connectivity index (χ1n) is 19.4. The molecule has 0 aliphatic carbocycles. The standard InChI is InChI=1S/C42H39FN10O4.C2H6/c1-4-18-52-40(56)32-25-44-41(47-37(32)53(52)36-11-7-10-35(46-36)42(2,3)57)45-27-13-15-28(16-14-27)50-19-21-51(22-20-50)39(55)31-23-26(12-17-33(31)43)24-34-29-8-5-6-9-30(29)38(54)49-48-34;1-2/h4-17,23,25,57H,1,18-22,24H2,2-3H3,(H,49,54)(H,44,45,47);1-2H3. The highest BCUT2D eigenvalue weighted by atomic mass is 19.1. The van der Waals surface area contributed by atoms with Gasteiger partial charge in [-0.2, -0.15) is 10.1 Å². The van der Waals surface area contributed by atoms with Crippen molar-refractivity contribution in [3.63, 3.8) is 0 Å². The van der Waals surface area contributed by atoms with Crippen LogP contribution in [0.25, 0.3) is 27.6 Å². The predicted octanol–water partition coefficient (Wildman–Crippen LogP) is 6.09. The van der Waals surface area contributed by atoms with Crippen LogP contribution in [-0.4, -0.2) is 76.6 Å². The molecule has 1 aliphatic heterocycles. The maximum Gasteiger partial charge on any atom is 0.278 e. The average Bonchev–Trinajstić information content (AvgIpc) is 3.53. The Bertz CT molecular complexity index is 2780. The Morgan fingerprint density at radius 1 is 0.932 bits per heavy atom. The van der Waals surface area contributed by atoms with Crippen LogP contribution < -0.4 is 21.3 Å². The summed E-state index contributed by atoms with van der Waals surface area (Å²) in [5.74, 6) is -0.293. The van der Waals surface area contributed by atoms with Gasteiger partial charge in [0.2, 0.25) is 5.95 Å². The van der Waals surface area contributed by atoms with Crippen LogP contribution in [0.15, 0.2) is 113 Å². The van der Waals surface area contributed by atoms with E-state index >= 15 is 4.39 Å². The first-order valence-corrected chi connectivity index (χ1v) is 19.4. The number of aliphatic hydroxyl groups is 1. The molecule has 0 radical (unpaired) electrons. The van der Waals surface area contributed by atoms with Gasteiger partial charge >= 0.3 is 0 Å². The number of aromatic nitrogens is 7. The quantitative estimate of drug-likeness (QED) is 0.138. The van der Waals surface area contributed by atoms with E-state index in [2.05, 4.69) is 37.0 Å². The van der Waals surface area contributed by atoms with E-state index in [1.165, 1.54) is 16.9 Å². The molecule has 1 aliphatic rings. The molecule has 7 aromatic rings. The predicted molar refractivity (Wildman–Crippen MR) is 227 cm³/mol. The van der Waals surface area contributed by atoms with Crippen molar-refractivity contribution in [1.29, 1.82) is 0 Å². The summed E-state index contributed by atoms with van der Waals surface area (Å²) in [5, 5.41) is 22.1. The maximum absolute atomic E-state index is 15.1. The fourth-order valence-electron chi connectivity index (χ4n) is 7.06. The number of anilines is 3. The Morgan fingerprint density at radius 2 is 1.66 bits per heavy atom. The molecule has 8 rings (SSSR count). The number of aromatic amines is 1. The SMILES string of the molecule is C=CCn1c(=O)c2cnc(Nc3ccc(N4CCN(C(=O)c5cc(Cc6n[nH]c(=O)c7ccccc67)ccc5F)CC4)cc3)nc2n1-c1cccc(C(C)(C)O)n1.CC. The number of carbonyl (C=O) groups excluding carboxylic acids is 1. The number of H-pyrrole nitrogens is 1. The lowest BCUT2D eigenvalue weighted by molar-refractivity contribution is 0.0733.